The number of benzene rings is 2. The summed E-state index contributed by atoms with van der Waals surface area (Å²) in [4.78, 5) is 16.9. The molecule has 0 aliphatic carbocycles. The van der Waals surface area contributed by atoms with Gasteiger partial charge in [-0.1, -0.05) is 48.5 Å². The van der Waals surface area contributed by atoms with Gasteiger partial charge in [0.1, 0.15) is 5.82 Å². The molecule has 0 fully saturated rings. The van der Waals surface area contributed by atoms with E-state index in [1.807, 2.05) is 60.7 Å². The number of amides is 1. The predicted octanol–water partition coefficient (Wildman–Crippen LogP) is 3.85. The van der Waals surface area contributed by atoms with Crippen LogP contribution in [0.3, 0.4) is 0 Å². The molecule has 1 aromatic heterocycles. The maximum absolute atomic E-state index is 12.4. The van der Waals surface area contributed by atoms with Gasteiger partial charge >= 0.3 is 0 Å². The van der Waals surface area contributed by atoms with Crippen molar-refractivity contribution in [2.24, 2.45) is 0 Å². The van der Waals surface area contributed by atoms with Gasteiger partial charge in [0.2, 0.25) is 0 Å². The van der Waals surface area contributed by atoms with E-state index in [0.29, 0.717) is 12.1 Å². The van der Waals surface area contributed by atoms with Crippen LogP contribution in [0.25, 0.3) is 0 Å². The highest BCUT2D eigenvalue weighted by atomic mass is 16.1. The zero-order valence-corrected chi connectivity index (χ0v) is 14.9. The quantitative estimate of drug-likeness (QED) is 0.663. The summed E-state index contributed by atoms with van der Waals surface area (Å²) in [7, 11) is 0. The molecule has 5 nitrogen and oxygen atoms in total. The lowest BCUT2D eigenvalue weighted by atomic mass is 9.99. The highest BCUT2D eigenvalue weighted by Crippen LogP contribution is 2.31. The van der Waals surface area contributed by atoms with Crippen LogP contribution >= 0.6 is 0 Å². The van der Waals surface area contributed by atoms with E-state index in [4.69, 9.17) is 0 Å². The lowest BCUT2D eigenvalue weighted by Crippen LogP contribution is -2.37. The lowest BCUT2D eigenvalue weighted by Gasteiger charge is -2.22. The van der Waals surface area contributed by atoms with E-state index in [-0.39, 0.29) is 18.0 Å². The third kappa shape index (κ3) is 4.08. The Morgan fingerprint density at radius 3 is 2.48 bits per heavy atom. The zero-order valence-electron chi connectivity index (χ0n) is 14.9. The largest absolute Gasteiger partial charge is 0.377 e. The summed E-state index contributed by atoms with van der Waals surface area (Å²) >= 11 is 0. The molecule has 0 bridgehead atoms. The Kier molecular flexibility index (Phi) is 5.01. The van der Waals surface area contributed by atoms with E-state index in [9.17, 15) is 4.79 Å². The number of hydrogen-bond donors (Lipinski definition) is 3. The molecule has 0 saturated carbocycles. The van der Waals surface area contributed by atoms with Crippen molar-refractivity contribution in [3.8, 4) is 0 Å². The van der Waals surface area contributed by atoms with Crippen molar-refractivity contribution in [3.63, 3.8) is 0 Å². The van der Waals surface area contributed by atoms with Crippen molar-refractivity contribution in [3.05, 3.63) is 90.1 Å². The number of pyridine rings is 1. The van der Waals surface area contributed by atoms with Crippen LogP contribution in [0.15, 0.2) is 79.0 Å². The van der Waals surface area contributed by atoms with Crippen LogP contribution in [-0.4, -0.2) is 23.5 Å². The number of nitrogens with zero attached hydrogens (tertiary/aromatic N) is 1. The van der Waals surface area contributed by atoms with E-state index in [1.165, 1.54) is 5.56 Å². The van der Waals surface area contributed by atoms with Gasteiger partial charge in [-0.25, -0.2) is 4.98 Å². The molecule has 3 N–H and O–H groups in total. The standard InChI is InChI=1S/C22H22N4O/c27-22(17-10-5-2-6-11-17)24-15-18-14-20(16-8-3-1-4-9-16)26-21-19(25-18)12-7-13-23-21/h1-13,18,20,25H,14-15H2,(H,23,26)(H,24,27)/t18-,20+/m0/s1. The highest BCUT2D eigenvalue weighted by Gasteiger charge is 2.24. The summed E-state index contributed by atoms with van der Waals surface area (Å²) in [5, 5.41) is 10.1. The average Bonchev–Trinajstić information content (AvgIpc) is 2.92. The molecule has 27 heavy (non-hydrogen) atoms. The summed E-state index contributed by atoms with van der Waals surface area (Å²) in [5.41, 5.74) is 2.83. The van der Waals surface area contributed by atoms with Crippen LogP contribution in [0.2, 0.25) is 0 Å². The first-order valence-corrected chi connectivity index (χ1v) is 9.16. The number of anilines is 2. The number of nitrogens with one attached hydrogen (secondary N) is 3. The summed E-state index contributed by atoms with van der Waals surface area (Å²) in [5.74, 6) is 0.778. The van der Waals surface area contributed by atoms with Gasteiger partial charge in [-0.3, -0.25) is 4.79 Å². The SMILES string of the molecule is O=C(NC[C@@H]1C[C@H](c2ccccc2)Nc2ncccc2N1)c1ccccc1. The Labute approximate surface area is 158 Å². The zero-order chi connectivity index (χ0) is 18.5. The van der Waals surface area contributed by atoms with Crippen molar-refractivity contribution in [2.75, 3.05) is 17.2 Å². The van der Waals surface area contributed by atoms with E-state index >= 15 is 0 Å². The molecule has 0 spiro atoms. The molecule has 0 unspecified atom stereocenters. The molecular weight excluding hydrogens is 336 g/mol. The van der Waals surface area contributed by atoms with Gasteiger partial charge in [0.05, 0.1) is 11.7 Å². The molecule has 0 saturated heterocycles. The van der Waals surface area contributed by atoms with Gasteiger partial charge in [-0.05, 0) is 36.2 Å². The van der Waals surface area contributed by atoms with Crippen molar-refractivity contribution in [1.82, 2.24) is 10.3 Å². The van der Waals surface area contributed by atoms with Gasteiger partial charge in [0.25, 0.3) is 5.91 Å². The molecule has 1 aliphatic rings. The Balaban J connectivity index is 1.52. The maximum atomic E-state index is 12.4. The normalized spacial score (nSPS) is 18.4. The van der Waals surface area contributed by atoms with Gasteiger partial charge in [-0.15, -0.1) is 0 Å². The number of carbonyl (C=O) groups excluding carboxylic acids is 1. The van der Waals surface area contributed by atoms with Gasteiger partial charge in [-0.2, -0.15) is 0 Å². The third-order valence-corrected chi connectivity index (χ3v) is 4.75. The van der Waals surface area contributed by atoms with Crippen LogP contribution < -0.4 is 16.0 Å². The molecule has 5 heteroatoms. The Morgan fingerprint density at radius 1 is 0.963 bits per heavy atom. The van der Waals surface area contributed by atoms with Gasteiger partial charge in [0.15, 0.2) is 0 Å². The van der Waals surface area contributed by atoms with E-state index in [2.05, 4.69) is 33.1 Å². The van der Waals surface area contributed by atoms with E-state index in [0.717, 1.165) is 17.9 Å². The molecule has 136 valence electrons. The summed E-state index contributed by atoms with van der Waals surface area (Å²) < 4.78 is 0. The van der Waals surface area contributed by atoms with Gasteiger partial charge in [0, 0.05) is 24.3 Å². The Bertz CT molecular complexity index is 898. The minimum absolute atomic E-state index is 0.0581. The fraction of sp³-hybridized carbons (Fsp3) is 0.182. The van der Waals surface area contributed by atoms with Crippen LogP contribution in [0.1, 0.15) is 28.4 Å². The van der Waals surface area contributed by atoms with Crippen LogP contribution in [0.5, 0.6) is 0 Å². The van der Waals surface area contributed by atoms with Crippen molar-refractivity contribution >= 4 is 17.4 Å². The molecule has 1 aliphatic heterocycles. The second-order valence-electron chi connectivity index (χ2n) is 6.66. The van der Waals surface area contributed by atoms with Gasteiger partial charge < -0.3 is 16.0 Å². The molecular formula is C22H22N4O. The van der Waals surface area contributed by atoms with E-state index in [1.54, 1.807) is 6.20 Å². The number of fused-ring (bicyclic) bond motifs is 1. The second kappa shape index (κ2) is 7.91. The lowest BCUT2D eigenvalue weighted by molar-refractivity contribution is 0.0951. The molecule has 1 amide bonds. The highest BCUT2D eigenvalue weighted by molar-refractivity contribution is 5.94. The molecule has 4 rings (SSSR count). The maximum Gasteiger partial charge on any atom is 0.251 e. The van der Waals surface area contributed by atoms with Crippen molar-refractivity contribution in [1.29, 1.82) is 0 Å². The molecule has 3 aromatic rings. The summed E-state index contributed by atoms with van der Waals surface area (Å²) in [6.45, 7) is 0.535. The monoisotopic (exact) mass is 358 g/mol. The minimum Gasteiger partial charge on any atom is -0.377 e. The number of carbonyl (C=O) groups is 1. The first-order chi connectivity index (χ1) is 13.3. The topological polar surface area (TPSA) is 66.0 Å². The number of hydrogen-bond acceptors (Lipinski definition) is 4. The van der Waals surface area contributed by atoms with Crippen LogP contribution in [0, 0.1) is 0 Å². The molecule has 2 heterocycles. The third-order valence-electron chi connectivity index (χ3n) is 4.75. The smallest absolute Gasteiger partial charge is 0.251 e. The van der Waals surface area contributed by atoms with Crippen molar-refractivity contribution in [2.45, 2.75) is 18.5 Å². The minimum atomic E-state index is -0.0581. The van der Waals surface area contributed by atoms with Crippen molar-refractivity contribution < 1.29 is 4.79 Å². The summed E-state index contributed by atoms with van der Waals surface area (Å²) in [6.07, 6.45) is 2.61. The summed E-state index contributed by atoms with van der Waals surface area (Å²) in [6, 6.07) is 23.8. The average molecular weight is 358 g/mol. The van der Waals surface area contributed by atoms with Crippen LogP contribution in [0.4, 0.5) is 11.5 Å². The fourth-order valence-corrected chi connectivity index (χ4v) is 3.37. The number of rotatable bonds is 4. The Morgan fingerprint density at radius 2 is 1.70 bits per heavy atom. The predicted molar refractivity (Wildman–Crippen MR) is 108 cm³/mol. The number of aromatic nitrogens is 1. The molecule has 0 radical (unpaired) electrons. The molecule has 2 atom stereocenters. The first-order valence-electron chi connectivity index (χ1n) is 9.16. The van der Waals surface area contributed by atoms with E-state index < -0.39 is 0 Å². The second-order valence-corrected chi connectivity index (χ2v) is 6.66. The van der Waals surface area contributed by atoms with Crippen LogP contribution in [-0.2, 0) is 0 Å². The fourth-order valence-electron chi connectivity index (χ4n) is 3.37. The molecule has 2 aromatic carbocycles. The first kappa shape index (κ1) is 17.1. The Hall–Kier alpha value is -3.34.